The molecule has 0 aromatic carbocycles. The minimum atomic E-state index is 0.101. The zero-order valence-corrected chi connectivity index (χ0v) is 15.5. The predicted molar refractivity (Wildman–Crippen MR) is 98.2 cm³/mol. The minimum Gasteiger partial charge on any atom is -0.395 e. The molecule has 0 bridgehead atoms. The summed E-state index contributed by atoms with van der Waals surface area (Å²) in [6, 6.07) is 0. The van der Waals surface area contributed by atoms with Crippen LogP contribution in [0, 0.1) is 0 Å². The van der Waals surface area contributed by atoms with E-state index >= 15 is 0 Å². The van der Waals surface area contributed by atoms with Crippen LogP contribution in [-0.2, 0) is 13.0 Å². The van der Waals surface area contributed by atoms with Gasteiger partial charge in [0.15, 0.2) is 0 Å². The van der Waals surface area contributed by atoms with E-state index in [1.165, 1.54) is 16.9 Å². The van der Waals surface area contributed by atoms with E-state index in [9.17, 15) is 5.11 Å². The number of hydrogen-bond donors (Lipinski definition) is 1. The van der Waals surface area contributed by atoms with Crippen LogP contribution in [0.5, 0.6) is 0 Å². The molecule has 0 amide bonds. The lowest BCUT2D eigenvalue weighted by atomic mass is 10.0. The minimum absolute atomic E-state index is 0.101. The van der Waals surface area contributed by atoms with Crippen LogP contribution < -0.4 is 4.90 Å². The van der Waals surface area contributed by atoms with E-state index in [1.807, 2.05) is 0 Å². The van der Waals surface area contributed by atoms with Crippen LogP contribution >= 0.6 is 11.3 Å². The monoisotopic (exact) mass is 361 g/mol. The van der Waals surface area contributed by atoms with E-state index in [4.69, 9.17) is 4.98 Å². The molecule has 1 N–H and O–H groups in total. The third kappa shape index (κ3) is 2.76. The van der Waals surface area contributed by atoms with Crippen LogP contribution in [0.1, 0.15) is 30.7 Å². The maximum absolute atomic E-state index is 9.44. The molecule has 0 saturated carbocycles. The highest BCUT2D eigenvalue weighted by Gasteiger charge is 2.26. The molecular weight excluding hydrogens is 338 g/mol. The largest absolute Gasteiger partial charge is 0.395 e. The number of rotatable bonds is 6. The topological polar surface area (TPSA) is 82.7 Å². The summed E-state index contributed by atoms with van der Waals surface area (Å²) in [6.07, 6.45) is 2.19. The molecule has 1 aliphatic rings. The van der Waals surface area contributed by atoms with E-state index in [0.717, 1.165) is 48.6 Å². The molecule has 25 heavy (non-hydrogen) atoms. The molecule has 8 nitrogen and oxygen atoms in total. The Labute approximate surface area is 150 Å². The molecule has 9 heteroatoms. The summed E-state index contributed by atoms with van der Waals surface area (Å²) in [5.74, 6) is 1.41. The highest BCUT2D eigenvalue weighted by Crippen LogP contribution is 2.39. The third-order valence-electron chi connectivity index (χ3n) is 4.78. The molecule has 4 rings (SSSR count). The molecule has 0 radical (unpaired) electrons. The lowest BCUT2D eigenvalue weighted by Crippen LogP contribution is -2.31. The Morgan fingerprint density at radius 3 is 2.96 bits per heavy atom. The predicted octanol–water partition coefficient (Wildman–Crippen LogP) is 1.32. The standard InChI is InChI=1S/C16H23N7OS/c1-3-6-21-7-5-11-12(10-21)25-15-13(11)14(22(4-2)8-9-24)17-16-18-19-20-23(15)16/h24H,3-10H2,1-2H3. The molecule has 1 aliphatic heterocycles. The first-order valence-electron chi connectivity index (χ1n) is 8.87. The number of aliphatic hydroxyl groups is 1. The van der Waals surface area contributed by atoms with Crippen LogP contribution in [0.4, 0.5) is 5.82 Å². The zero-order valence-electron chi connectivity index (χ0n) is 14.6. The van der Waals surface area contributed by atoms with Crippen molar-refractivity contribution in [2.24, 2.45) is 0 Å². The van der Waals surface area contributed by atoms with Crippen molar-refractivity contribution in [3.8, 4) is 0 Å². The van der Waals surface area contributed by atoms with Gasteiger partial charge in [-0.05, 0) is 42.3 Å². The second-order valence-corrected chi connectivity index (χ2v) is 7.42. The Morgan fingerprint density at radius 2 is 2.20 bits per heavy atom. The van der Waals surface area contributed by atoms with Gasteiger partial charge in [-0.2, -0.15) is 9.50 Å². The number of hydrogen-bond acceptors (Lipinski definition) is 8. The quantitative estimate of drug-likeness (QED) is 0.709. The van der Waals surface area contributed by atoms with Gasteiger partial charge < -0.3 is 10.0 Å². The first-order chi connectivity index (χ1) is 12.3. The summed E-state index contributed by atoms with van der Waals surface area (Å²) in [4.78, 5) is 11.8. The molecular formula is C16H23N7OS. The van der Waals surface area contributed by atoms with Crippen LogP contribution in [0.2, 0.25) is 0 Å². The van der Waals surface area contributed by atoms with Crippen molar-refractivity contribution >= 4 is 33.1 Å². The number of anilines is 1. The van der Waals surface area contributed by atoms with Crippen molar-refractivity contribution in [3.05, 3.63) is 10.4 Å². The Hall–Kier alpha value is -1.84. The average molecular weight is 361 g/mol. The Bertz CT molecular complexity index is 889. The first-order valence-corrected chi connectivity index (χ1v) is 9.69. The summed E-state index contributed by atoms with van der Waals surface area (Å²) in [5.41, 5.74) is 1.38. The van der Waals surface area contributed by atoms with Gasteiger partial charge in [0.1, 0.15) is 10.6 Å². The molecule has 134 valence electrons. The van der Waals surface area contributed by atoms with Crippen LogP contribution in [-0.4, -0.2) is 67.8 Å². The third-order valence-corrected chi connectivity index (χ3v) is 5.98. The molecule has 0 fully saturated rings. The second kappa shape index (κ2) is 6.81. The first kappa shape index (κ1) is 16.6. The van der Waals surface area contributed by atoms with Gasteiger partial charge in [-0.25, -0.2) is 0 Å². The van der Waals surface area contributed by atoms with Gasteiger partial charge >= 0.3 is 0 Å². The van der Waals surface area contributed by atoms with Crippen molar-refractivity contribution in [1.29, 1.82) is 0 Å². The van der Waals surface area contributed by atoms with E-state index in [-0.39, 0.29) is 6.61 Å². The summed E-state index contributed by atoms with van der Waals surface area (Å²) < 4.78 is 1.75. The number of aliphatic hydroxyl groups excluding tert-OH is 1. The van der Waals surface area contributed by atoms with E-state index in [1.54, 1.807) is 15.9 Å². The zero-order chi connectivity index (χ0) is 17.4. The van der Waals surface area contributed by atoms with E-state index in [2.05, 4.69) is 39.2 Å². The van der Waals surface area contributed by atoms with Crippen molar-refractivity contribution in [1.82, 2.24) is 29.9 Å². The number of tetrazole rings is 1. The lowest BCUT2D eigenvalue weighted by molar-refractivity contribution is 0.258. The smallest absolute Gasteiger partial charge is 0.276 e. The Kier molecular flexibility index (Phi) is 4.53. The summed E-state index contributed by atoms with van der Waals surface area (Å²) >= 11 is 1.77. The van der Waals surface area contributed by atoms with Gasteiger partial charge in [0, 0.05) is 31.1 Å². The molecule has 4 heterocycles. The molecule has 0 unspecified atom stereocenters. The molecule has 3 aromatic rings. The summed E-state index contributed by atoms with van der Waals surface area (Å²) in [6.45, 7) is 8.94. The van der Waals surface area contributed by atoms with Gasteiger partial charge in [0.25, 0.3) is 5.78 Å². The van der Waals surface area contributed by atoms with Gasteiger partial charge in [-0.3, -0.25) is 4.90 Å². The Morgan fingerprint density at radius 1 is 1.32 bits per heavy atom. The van der Waals surface area contributed by atoms with Gasteiger partial charge in [0.2, 0.25) is 0 Å². The molecule has 0 spiro atoms. The fraction of sp³-hybridized carbons (Fsp3) is 0.625. The fourth-order valence-corrected chi connectivity index (χ4v) is 4.96. The molecule has 0 aliphatic carbocycles. The number of thiophene rings is 1. The molecule has 0 saturated heterocycles. The normalized spacial score (nSPS) is 15.2. The summed E-state index contributed by atoms with van der Waals surface area (Å²) in [5, 5.41) is 22.6. The fourth-order valence-electron chi connectivity index (χ4n) is 3.63. The van der Waals surface area contributed by atoms with Crippen LogP contribution in [0.3, 0.4) is 0 Å². The number of nitrogens with zero attached hydrogens (tertiary/aromatic N) is 7. The lowest BCUT2D eigenvalue weighted by Gasteiger charge is -2.27. The van der Waals surface area contributed by atoms with Crippen molar-refractivity contribution in [3.63, 3.8) is 0 Å². The molecule has 3 aromatic heterocycles. The SMILES string of the molecule is CCCN1CCc2c(sc3c2c(N(CC)CCO)nc2nnnn23)C1. The molecule has 0 atom stereocenters. The second-order valence-electron chi connectivity index (χ2n) is 6.34. The Balaban J connectivity index is 1.92. The van der Waals surface area contributed by atoms with E-state index in [0.29, 0.717) is 12.3 Å². The number of fused-ring (bicyclic) bond motifs is 5. The number of aromatic nitrogens is 5. The van der Waals surface area contributed by atoms with Gasteiger partial charge in [-0.15, -0.1) is 11.3 Å². The van der Waals surface area contributed by atoms with Gasteiger partial charge in [-0.1, -0.05) is 12.0 Å². The average Bonchev–Trinajstić information content (AvgIpc) is 3.22. The van der Waals surface area contributed by atoms with Crippen LogP contribution in [0.25, 0.3) is 16.0 Å². The van der Waals surface area contributed by atoms with Crippen LogP contribution in [0.15, 0.2) is 0 Å². The van der Waals surface area contributed by atoms with Crippen molar-refractivity contribution in [2.75, 3.05) is 37.7 Å². The van der Waals surface area contributed by atoms with Gasteiger partial charge in [0.05, 0.1) is 12.0 Å². The number of likely N-dealkylation sites (N-methyl/N-ethyl adjacent to an activating group) is 1. The maximum atomic E-state index is 9.44. The summed E-state index contributed by atoms with van der Waals surface area (Å²) in [7, 11) is 0. The van der Waals surface area contributed by atoms with Crippen molar-refractivity contribution in [2.45, 2.75) is 33.2 Å². The van der Waals surface area contributed by atoms with E-state index < -0.39 is 0 Å². The highest BCUT2D eigenvalue weighted by atomic mass is 32.1. The van der Waals surface area contributed by atoms with Crippen molar-refractivity contribution < 1.29 is 5.11 Å². The highest BCUT2D eigenvalue weighted by molar-refractivity contribution is 7.19. The maximum Gasteiger partial charge on any atom is 0.276 e.